The van der Waals surface area contributed by atoms with Crippen molar-refractivity contribution in [2.45, 2.75) is 19.8 Å². The Balaban J connectivity index is 1.53. The lowest BCUT2D eigenvalue weighted by Crippen LogP contribution is -2.29. The van der Waals surface area contributed by atoms with Crippen molar-refractivity contribution in [1.29, 1.82) is 0 Å². The zero-order valence-corrected chi connectivity index (χ0v) is 17.7. The quantitative estimate of drug-likeness (QED) is 0.449. The van der Waals surface area contributed by atoms with Gasteiger partial charge in [0, 0.05) is 11.9 Å². The van der Waals surface area contributed by atoms with E-state index in [4.69, 9.17) is 4.74 Å². The lowest BCUT2D eigenvalue weighted by Gasteiger charge is -2.12. The molecule has 0 unspecified atom stereocenters. The zero-order valence-electron chi connectivity index (χ0n) is 16.8. The van der Waals surface area contributed by atoms with Crippen LogP contribution >= 0.6 is 11.8 Å². The number of hydrogen-bond acceptors (Lipinski definition) is 4. The van der Waals surface area contributed by atoms with Crippen LogP contribution in [0.15, 0.2) is 71.6 Å². The summed E-state index contributed by atoms with van der Waals surface area (Å²) in [6, 6.07) is 21.9. The van der Waals surface area contributed by atoms with Crippen molar-refractivity contribution < 1.29 is 14.3 Å². The number of ether oxygens (including phenoxy) is 1. The molecule has 1 aliphatic rings. The summed E-state index contributed by atoms with van der Waals surface area (Å²) in [5.41, 5.74) is 2.12. The van der Waals surface area contributed by atoms with Gasteiger partial charge in [-0.1, -0.05) is 60.7 Å². The number of nitrogens with zero attached hydrogens (tertiary/aromatic N) is 1. The molecular weight excluding hydrogens is 394 g/mol. The van der Waals surface area contributed by atoms with Crippen LogP contribution in [0.3, 0.4) is 0 Å². The summed E-state index contributed by atoms with van der Waals surface area (Å²) in [5.74, 6) is 0.607. The second kappa shape index (κ2) is 9.18. The molecule has 3 aromatic carbocycles. The van der Waals surface area contributed by atoms with Crippen LogP contribution in [0.2, 0.25) is 0 Å². The minimum atomic E-state index is -0.212. The number of carbonyl (C=O) groups is 2. The van der Waals surface area contributed by atoms with Crippen molar-refractivity contribution in [3.8, 4) is 5.75 Å². The van der Waals surface area contributed by atoms with Gasteiger partial charge in [-0.05, 0) is 60.2 Å². The Morgan fingerprint density at radius 1 is 0.933 bits per heavy atom. The molecule has 0 spiro atoms. The largest absolute Gasteiger partial charge is 0.493 e. The van der Waals surface area contributed by atoms with Crippen LogP contribution in [-0.4, -0.2) is 29.2 Å². The first kappa shape index (κ1) is 20.2. The molecule has 0 saturated carbocycles. The molecule has 1 aliphatic heterocycles. The van der Waals surface area contributed by atoms with Gasteiger partial charge in [0.05, 0.1) is 11.5 Å². The highest BCUT2D eigenvalue weighted by atomic mass is 32.2. The Morgan fingerprint density at radius 2 is 1.67 bits per heavy atom. The van der Waals surface area contributed by atoms with E-state index in [1.54, 1.807) is 0 Å². The first-order chi connectivity index (χ1) is 14.7. The van der Waals surface area contributed by atoms with E-state index in [2.05, 4.69) is 12.1 Å². The molecule has 1 heterocycles. The topological polar surface area (TPSA) is 46.6 Å². The molecule has 3 aromatic rings. The van der Waals surface area contributed by atoms with Crippen molar-refractivity contribution in [3.63, 3.8) is 0 Å². The first-order valence-corrected chi connectivity index (χ1v) is 10.9. The molecular formula is C25H23NO3S. The number of benzene rings is 3. The predicted octanol–water partition coefficient (Wildman–Crippen LogP) is 5.91. The molecule has 0 aromatic heterocycles. The van der Waals surface area contributed by atoms with Crippen LogP contribution in [0.1, 0.15) is 24.5 Å². The van der Waals surface area contributed by atoms with Crippen LogP contribution in [0.25, 0.3) is 16.8 Å². The number of hydrogen-bond donors (Lipinski definition) is 0. The molecule has 30 heavy (non-hydrogen) atoms. The van der Waals surface area contributed by atoms with Crippen molar-refractivity contribution in [2.24, 2.45) is 0 Å². The molecule has 1 fully saturated rings. The molecule has 1 saturated heterocycles. The Hall–Kier alpha value is -3.05. The van der Waals surface area contributed by atoms with Crippen LogP contribution in [-0.2, 0) is 11.2 Å². The SMILES string of the molecule is CCOc1ccc(/C=C2/SC(=O)N(CCCc3ccccc3)C2=O)c2ccccc12. The van der Waals surface area contributed by atoms with Crippen molar-refractivity contribution >= 4 is 39.8 Å². The van der Waals surface area contributed by atoms with Crippen LogP contribution in [0, 0.1) is 0 Å². The Kier molecular flexibility index (Phi) is 6.19. The van der Waals surface area contributed by atoms with E-state index in [0.29, 0.717) is 18.1 Å². The van der Waals surface area contributed by atoms with E-state index < -0.39 is 0 Å². The van der Waals surface area contributed by atoms with E-state index in [-0.39, 0.29) is 11.1 Å². The third-order valence-electron chi connectivity index (χ3n) is 5.07. The lowest BCUT2D eigenvalue weighted by molar-refractivity contribution is -0.122. The fourth-order valence-electron chi connectivity index (χ4n) is 3.62. The summed E-state index contributed by atoms with van der Waals surface area (Å²) in [5, 5.41) is 1.80. The minimum absolute atomic E-state index is 0.199. The zero-order chi connectivity index (χ0) is 20.9. The average molecular weight is 418 g/mol. The van der Waals surface area contributed by atoms with E-state index in [0.717, 1.165) is 46.7 Å². The lowest BCUT2D eigenvalue weighted by atomic mass is 10.0. The highest BCUT2D eigenvalue weighted by Crippen LogP contribution is 2.35. The second-order valence-electron chi connectivity index (χ2n) is 7.05. The van der Waals surface area contributed by atoms with E-state index >= 15 is 0 Å². The average Bonchev–Trinajstić information content (AvgIpc) is 3.03. The van der Waals surface area contributed by atoms with Gasteiger partial charge in [0.1, 0.15) is 5.75 Å². The predicted molar refractivity (Wildman–Crippen MR) is 123 cm³/mol. The Labute approximate surface area is 180 Å². The fraction of sp³-hybridized carbons (Fsp3) is 0.200. The summed E-state index contributed by atoms with van der Waals surface area (Å²) in [4.78, 5) is 27.1. The molecule has 0 aliphatic carbocycles. The summed E-state index contributed by atoms with van der Waals surface area (Å²) in [7, 11) is 0. The van der Waals surface area contributed by atoms with Gasteiger partial charge >= 0.3 is 0 Å². The van der Waals surface area contributed by atoms with Crippen molar-refractivity contribution in [1.82, 2.24) is 4.90 Å². The van der Waals surface area contributed by atoms with Gasteiger partial charge in [-0.25, -0.2) is 0 Å². The van der Waals surface area contributed by atoms with E-state index in [1.165, 1.54) is 10.5 Å². The Bertz CT molecular complexity index is 1110. The first-order valence-electron chi connectivity index (χ1n) is 10.1. The van der Waals surface area contributed by atoms with E-state index in [9.17, 15) is 9.59 Å². The molecule has 152 valence electrons. The Morgan fingerprint density at radius 3 is 2.43 bits per heavy atom. The van der Waals surface area contributed by atoms with Crippen molar-refractivity contribution in [3.05, 3.63) is 82.8 Å². The number of rotatable bonds is 7. The molecule has 5 heteroatoms. The summed E-state index contributed by atoms with van der Waals surface area (Å²) < 4.78 is 5.72. The van der Waals surface area contributed by atoms with Gasteiger partial charge in [-0.15, -0.1) is 0 Å². The highest BCUT2D eigenvalue weighted by Gasteiger charge is 2.34. The number of carbonyl (C=O) groups excluding carboxylic acids is 2. The maximum atomic E-state index is 12.9. The minimum Gasteiger partial charge on any atom is -0.493 e. The summed E-state index contributed by atoms with van der Waals surface area (Å²) in [6.07, 6.45) is 3.41. The third kappa shape index (κ3) is 4.26. The van der Waals surface area contributed by atoms with Gasteiger partial charge in [0.25, 0.3) is 11.1 Å². The van der Waals surface area contributed by atoms with Crippen LogP contribution in [0.4, 0.5) is 4.79 Å². The molecule has 4 rings (SSSR count). The molecule has 0 radical (unpaired) electrons. The third-order valence-corrected chi connectivity index (χ3v) is 5.98. The summed E-state index contributed by atoms with van der Waals surface area (Å²) in [6.45, 7) is 2.97. The normalized spacial score (nSPS) is 15.4. The number of amides is 2. The molecule has 0 N–H and O–H groups in total. The molecule has 0 atom stereocenters. The second-order valence-corrected chi connectivity index (χ2v) is 8.05. The van der Waals surface area contributed by atoms with Gasteiger partial charge in [0.2, 0.25) is 0 Å². The maximum Gasteiger partial charge on any atom is 0.293 e. The molecule has 0 bridgehead atoms. The van der Waals surface area contributed by atoms with Gasteiger partial charge in [-0.3, -0.25) is 14.5 Å². The number of thioether (sulfide) groups is 1. The van der Waals surface area contributed by atoms with Crippen molar-refractivity contribution in [2.75, 3.05) is 13.2 Å². The maximum absolute atomic E-state index is 12.9. The summed E-state index contributed by atoms with van der Waals surface area (Å²) >= 11 is 1.01. The molecule has 2 amide bonds. The van der Waals surface area contributed by atoms with Crippen LogP contribution < -0.4 is 4.74 Å². The van der Waals surface area contributed by atoms with Gasteiger partial charge < -0.3 is 4.74 Å². The smallest absolute Gasteiger partial charge is 0.293 e. The number of aryl methyl sites for hydroxylation is 1. The van der Waals surface area contributed by atoms with Crippen LogP contribution in [0.5, 0.6) is 5.75 Å². The molecule has 4 nitrogen and oxygen atoms in total. The van der Waals surface area contributed by atoms with Gasteiger partial charge in [-0.2, -0.15) is 0 Å². The monoisotopic (exact) mass is 417 g/mol. The highest BCUT2D eigenvalue weighted by molar-refractivity contribution is 8.18. The van der Waals surface area contributed by atoms with E-state index in [1.807, 2.05) is 67.6 Å². The van der Waals surface area contributed by atoms with Gasteiger partial charge in [0.15, 0.2) is 0 Å². The number of imide groups is 1. The number of fused-ring (bicyclic) bond motifs is 1. The fourth-order valence-corrected chi connectivity index (χ4v) is 4.48. The standard InChI is InChI=1S/C25H23NO3S/c1-2-29-22-15-14-19(20-12-6-7-13-21(20)22)17-23-24(27)26(25(28)30-23)16-8-11-18-9-4-3-5-10-18/h3-7,9-10,12-15,17H,2,8,11,16H2,1H3/b23-17+.